The third-order valence-corrected chi connectivity index (χ3v) is 2.96. The van der Waals surface area contributed by atoms with Crippen LogP contribution in [-0.4, -0.2) is 43.3 Å². The SMILES string of the molecule is COCC(C)N(C)c1ncc(CNCC(C)C)cn1. The van der Waals surface area contributed by atoms with E-state index in [2.05, 4.69) is 36.1 Å². The van der Waals surface area contributed by atoms with Gasteiger partial charge in [0.2, 0.25) is 5.95 Å². The average Bonchev–Trinajstić information content (AvgIpc) is 2.38. The molecule has 0 fully saturated rings. The Balaban J connectivity index is 2.51. The molecular weight excluding hydrogens is 240 g/mol. The van der Waals surface area contributed by atoms with E-state index in [1.807, 2.05) is 24.3 Å². The predicted molar refractivity (Wildman–Crippen MR) is 78.3 cm³/mol. The largest absolute Gasteiger partial charge is 0.383 e. The molecule has 0 aliphatic rings. The molecule has 0 spiro atoms. The number of anilines is 1. The van der Waals surface area contributed by atoms with Gasteiger partial charge in [-0.15, -0.1) is 0 Å². The first-order chi connectivity index (χ1) is 9.04. The molecule has 19 heavy (non-hydrogen) atoms. The molecule has 0 radical (unpaired) electrons. The van der Waals surface area contributed by atoms with Gasteiger partial charge >= 0.3 is 0 Å². The third kappa shape index (κ3) is 5.53. The Bertz CT molecular complexity index is 353. The van der Waals surface area contributed by atoms with Crippen LogP contribution in [0.25, 0.3) is 0 Å². The van der Waals surface area contributed by atoms with Crippen LogP contribution in [0.15, 0.2) is 12.4 Å². The summed E-state index contributed by atoms with van der Waals surface area (Å²) in [5, 5.41) is 3.38. The molecule has 1 aromatic rings. The topological polar surface area (TPSA) is 50.3 Å². The molecular formula is C14H26N4O. The number of nitrogens with zero attached hydrogens (tertiary/aromatic N) is 3. The van der Waals surface area contributed by atoms with Gasteiger partial charge in [-0.25, -0.2) is 9.97 Å². The number of hydrogen-bond acceptors (Lipinski definition) is 5. The predicted octanol–water partition coefficient (Wildman–Crippen LogP) is 1.69. The summed E-state index contributed by atoms with van der Waals surface area (Å²) in [5.74, 6) is 1.39. The molecule has 1 unspecified atom stereocenters. The molecule has 0 aliphatic carbocycles. The lowest BCUT2D eigenvalue weighted by atomic mass is 10.2. The van der Waals surface area contributed by atoms with Gasteiger partial charge in [-0.2, -0.15) is 0 Å². The third-order valence-electron chi connectivity index (χ3n) is 2.96. The molecule has 0 saturated heterocycles. The Hall–Kier alpha value is -1.20. The molecule has 0 amide bonds. The van der Waals surface area contributed by atoms with Gasteiger partial charge in [0.1, 0.15) is 0 Å². The highest BCUT2D eigenvalue weighted by molar-refractivity contribution is 5.29. The number of nitrogens with one attached hydrogen (secondary N) is 1. The van der Waals surface area contributed by atoms with Crippen molar-refractivity contribution in [3.05, 3.63) is 18.0 Å². The molecule has 1 N–H and O–H groups in total. The van der Waals surface area contributed by atoms with Crippen LogP contribution in [0.5, 0.6) is 0 Å². The number of ether oxygens (including phenoxy) is 1. The fraction of sp³-hybridized carbons (Fsp3) is 0.714. The highest BCUT2D eigenvalue weighted by atomic mass is 16.5. The maximum atomic E-state index is 5.14. The van der Waals surface area contributed by atoms with Crippen molar-refractivity contribution in [2.45, 2.75) is 33.4 Å². The van der Waals surface area contributed by atoms with E-state index in [0.717, 1.165) is 24.6 Å². The minimum atomic E-state index is 0.259. The van der Waals surface area contributed by atoms with Crippen molar-refractivity contribution < 1.29 is 4.74 Å². The van der Waals surface area contributed by atoms with E-state index in [1.54, 1.807) is 7.11 Å². The van der Waals surface area contributed by atoms with Crippen molar-refractivity contribution in [3.63, 3.8) is 0 Å². The van der Waals surface area contributed by atoms with E-state index in [-0.39, 0.29) is 6.04 Å². The zero-order chi connectivity index (χ0) is 14.3. The Labute approximate surface area is 116 Å². The van der Waals surface area contributed by atoms with Gasteiger partial charge in [0.25, 0.3) is 0 Å². The minimum Gasteiger partial charge on any atom is -0.383 e. The van der Waals surface area contributed by atoms with Crippen LogP contribution in [0.2, 0.25) is 0 Å². The van der Waals surface area contributed by atoms with Crippen LogP contribution in [0, 0.1) is 5.92 Å². The normalized spacial score (nSPS) is 12.7. The van der Waals surface area contributed by atoms with Crippen molar-refractivity contribution in [2.24, 2.45) is 5.92 Å². The molecule has 1 rings (SSSR count). The lowest BCUT2D eigenvalue weighted by Gasteiger charge is -2.24. The van der Waals surface area contributed by atoms with Crippen LogP contribution in [0.1, 0.15) is 26.3 Å². The summed E-state index contributed by atoms with van der Waals surface area (Å²) in [6.07, 6.45) is 3.76. The second-order valence-electron chi connectivity index (χ2n) is 5.33. The Morgan fingerprint density at radius 3 is 2.42 bits per heavy atom. The maximum absolute atomic E-state index is 5.14. The second-order valence-corrected chi connectivity index (χ2v) is 5.33. The summed E-state index contributed by atoms with van der Waals surface area (Å²) in [5.41, 5.74) is 1.11. The maximum Gasteiger partial charge on any atom is 0.225 e. The Morgan fingerprint density at radius 2 is 1.89 bits per heavy atom. The first-order valence-electron chi connectivity index (χ1n) is 6.78. The van der Waals surface area contributed by atoms with Crippen molar-refractivity contribution in [1.29, 1.82) is 0 Å². The summed E-state index contributed by atoms with van der Waals surface area (Å²) in [4.78, 5) is 10.8. The molecule has 5 heteroatoms. The molecule has 5 nitrogen and oxygen atoms in total. The second kappa shape index (κ2) is 8.07. The zero-order valence-electron chi connectivity index (χ0n) is 12.7. The summed E-state index contributed by atoms with van der Waals surface area (Å²) in [6.45, 7) is 8.96. The van der Waals surface area contributed by atoms with Gasteiger partial charge in [-0.3, -0.25) is 0 Å². The fourth-order valence-electron chi connectivity index (χ4n) is 1.68. The van der Waals surface area contributed by atoms with Crippen molar-refractivity contribution in [3.8, 4) is 0 Å². The van der Waals surface area contributed by atoms with Gasteiger partial charge in [-0.1, -0.05) is 13.8 Å². The number of aromatic nitrogens is 2. The van der Waals surface area contributed by atoms with Gasteiger partial charge in [0.05, 0.1) is 12.6 Å². The Morgan fingerprint density at radius 1 is 1.26 bits per heavy atom. The average molecular weight is 266 g/mol. The summed E-state index contributed by atoms with van der Waals surface area (Å²) in [6, 6.07) is 0.259. The lowest BCUT2D eigenvalue weighted by molar-refractivity contribution is 0.183. The van der Waals surface area contributed by atoms with Gasteiger partial charge in [-0.05, 0) is 19.4 Å². The number of methoxy groups -OCH3 is 1. The first-order valence-corrected chi connectivity index (χ1v) is 6.78. The highest BCUT2D eigenvalue weighted by Crippen LogP contribution is 2.09. The highest BCUT2D eigenvalue weighted by Gasteiger charge is 2.11. The molecule has 0 aliphatic heterocycles. The molecule has 0 saturated carbocycles. The van der Waals surface area contributed by atoms with E-state index in [9.17, 15) is 0 Å². The van der Waals surface area contributed by atoms with E-state index >= 15 is 0 Å². The van der Waals surface area contributed by atoms with E-state index < -0.39 is 0 Å². The molecule has 0 aromatic carbocycles. The standard InChI is InChI=1S/C14H26N4O/c1-11(2)6-15-7-13-8-16-14(17-9-13)18(4)12(3)10-19-5/h8-9,11-12,15H,6-7,10H2,1-5H3. The monoisotopic (exact) mass is 266 g/mol. The Kier molecular flexibility index (Phi) is 6.73. The van der Waals surface area contributed by atoms with Gasteiger partial charge in [0.15, 0.2) is 0 Å². The summed E-state index contributed by atoms with van der Waals surface area (Å²) >= 11 is 0. The fourth-order valence-corrected chi connectivity index (χ4v) is 1.68. The number of hydrogen-bond donors (Lipinski definition) is 1. The molecule has 0 bridgehead atoms. The van der Waals surface area contributed by atoms with Crippen LogP contribution in [-0.2, 0) is 11.3 Å². The minimum absolute atomic E-state index is 0.259. The molecule has 1 atom stereocenters. The van der Waals surface area contributed by atoms with E-state index in [1.165, 1.54) is 0 Å². The lowest BCUT2D eigenvalue weighted by Crippen LogP contribution is -2.33. The summed E-state index contributed by atoms with van der Waals surface area (Å²) in [7, 11) is 3.68. The van der Waals surface area contributed by atoms with Gasteiger partial charge < -0.3 is 15.0 Å². The molecule has 108 valence electrons. The molecule has 1 heterocycles. The zero-order valence-corrected chi connectivity index (χ0v) is 12.7. The summed E-state index contributed by atoms with van der Waals surface area (Å²) < 4.78 is 5.14. The van der Waals surface area contributed by atoms with E-state index in [4.69, 9.17) is 4.74 Å². The quantitative estimate of drug-likeness (QED) is 0.776. The van der Waals surface area contributed by atoms with Gasteiger partial charge in [0, 0.05) is 38.7 Å². The first kappa shape index (κ1) is 15.9. The smallest absolute Gasteiger partial charge is 0.225 e. The number of likely N-dealkylation sites (N-methyl/N-ethyl adjacent to an activating group) is 1. The van der Waals surface area contributed by atoms with Crippen molar-refractivity contribution in [2.75, 3.05) is 32.2 Å². The van der Waals surface area contributed by atoms with Crippen LogP contribution < -0.4 is 10.2 Å². The van der Waals surface area contributed by atoms with Crippen molar-refractivity contribution >= 4 is 5.95 Å². The molecule has 1 aromatic heterocycles. The van der Waals surface area contributed by atoms with Crippen LogP contribution in [0.4, 0.5) is 5.95 Å². The van der Waals surface area contributed by atoms with E-state index in [0.29, 0.717) is 12.5 Å². The van der Waals surface area contributed by atoms with Crippen LogP contribution >= 0.6 is 0 Å². The van der Waals surface area contributed by atoms with Crippen LogP contribution in [0.3, 0.4) is 0 Å². The van der Waals surface area contributed by atoms with Crippen molar-refractivity contribution in [1.82, 2.24) is 15.3 Å². The number of rotatable bonds is 8.